The van der Waals surface area contributed by atoms with Crippen LogP contribution in [0.2, 0.25) is 0 Å². The summed E-state index contributed by atoms with van der Waals surface area (Å²) >= 11 is 0. The number of aryl methyl sites for hydroxylation is 1. The number of carboxylic acids is 1. The summed E-state index contributed by atoms with van der Waals surface area (Å²) < 4.78 is 11.2. The molecular formula is C22H26O10. The van der Waals surface area contributed by atoms with E-state index in [4.69, 9.17) is 9.47 Å². The van der Waals surface area contributed by atoms with Crippen LogP contribution in [0.3, 0.4) is 0 Å². The van der Waals surface area contributed by atoms with Gasteiger partial charge in [-0.2, -0.15) is 0 Å². The molecule has 1 aliphatic heterocycles. The lowest BCUT2D eigenvalue weighted by Gasteiger charge is -2.47. The van der Waals surface area contributed by atoms with E-state index in [0.717, 1.165) is 6.07 Å². The number of aliphatic hydroxyl groups is 4. The highest BCUT2D eigenvalue weighted by atomic mass is 16.7. The summed E-state index contributed by atoms with van der Waals surface area (Å²) in [5.74, 6) is -2.37. The fraction of sp³-hybridized carbons (Fsp3) is 0.455. The van der Waals surface area contributed by atoms with Crippen molar-refractivity contribution in [2.75, 3.05) is 6.61 Å². The smallest absolute Gasteiger partial charge is 0.335 e. The van der Waals surface area contributed by atoms with Crippen LogP contribution in [-0.4, -0.2) is 79.2 Å². The standard InChI is InChI=1S/C22H26O10/c1-4-22(30)14(8-23)32-21(18(26)19(22)27)31-13-7-12(20(28)29)6-11-5-9(2)15(10(3)24)17(25)16(11)13/h5-7,14,18-19,21,23,25-27,30H,4,8H2,1-3H3,(H,28,29). The summed E-state index contributed by atoms with van der Waals surface area (Å²) in [7, 11) is 0. The van der Waals surface area contributed by atoms with Crippen molar-refractivity contribution < 1.29 is 49.7 Å². The average Bonchev–Trinajstić information content (AvgIpc) is 2.73. The Morgan fingerprint density at radius 1 is 1.22 bits per heavy atom. The van der Waals surface area contributed by atoms with Crippen molar-refractivity contribution in [1.29, 1.82) is 0 Å². The molecule has 1 fully saturated rings. The van der Waals surface area contributed by atoms with E-state index in [1.165, 1.54) is 26.0 Å². The Morgan fingerprint density at radius 2 is 1.88 bits per heavy atom. The minimum atomic E-state index is -1.94. The molecule has 0 aromatic heterocycles. The number of aromatic hydroxyl groups is 1. The van der Waals surface area contributed by atoms with Gasteiger partial charge >= 0.3 is 5.97 Å². The molecule has 0 spiro atoms. The minimum Gasteiger partial charge on any atom is -0.506 e. The van der Waals surface area contributed by atoms with E-state index in [2.05, 4.69) is 0 Å². The second kappa shape index (κ2) is 8.64. The number of benzene rings is 2. The van der Waals surface area contributed by atoms with Gasteiger partial charge in [0.05, 0.1) is 23.1 Å². The first-order chi connectivity index (χ1) is 15.0. The molecule has 0 aliphatic carbocycles. The number of carboxylic acid groups (broad SMARTS) is 1. The molecule has 0 saturated carbocycles. The van der Waals surface area contributed by atoms with E-state index in [9.17, 15) is 40.2 Å². The monoisotopic (exact) mass is 450 g/mol. The lowest BCUT2D eigenvalue weighted by atomic mass is 9.82. The van der Waals surface area contributed by atoms with Crippen LogP contribution in [0.5, 0.6) is 11.5 Å². The SMILES string of the molecule is CCC1(O)C(CO)OC(Oc2cc(C(=O)O)cc3cc(C)c(C(C)=O)c(O)c23)C(O)C1O. The van der Waals surface area contributed by atoms with Crippen molar-refractivity contribution >= 4 is 22.5 Å². The third-order valence-electron chi connectivity index (χ3n) is 5.92. The number of aromatic carboxylic acids is 1. The largest absolute Gasteiger partial charge is 0.506 e. The van der Waals surface area contributed by atoms with E-state index in [0.29, 0.717) is 5.56 Å². The van der Waals surface area contributed by atoms with Gasteiger partial charge in [0.15, 0.2) is 5.78 Å². The van der Waals surface area contributed by atoms with Crippen molar-refractivity contribution in [3.8, 4) is 11.5 Å². The zero-order valence-electron chi connectivity index (χ0n) is 17.8. The molecule has 6 N–H and O–H groups in total. The molecule has 1 saturated heterocycles. The molecule has 0 radical (unpaired) electrons. The fourth-order valence-electron chi connectivity index (χ4n) is 4.14. The average molecular weight is 450 g/mol. The van der Waals surface area contributed by atoms with E-state index < -0.39 is 54.3 Å². The lowest BCUT2D eigenvalue weighted by molar-refractivity contribution is -0.313. The first-order valence-electron chi connectivity index (χ1n) is 10.0. The zero-order valence-corrected chi connectivity index (χ0v) is 17.8. The Kier molecular flexibility index (Phi) is 6.45. The van der Waals surface area contributed by atoms with Crippen molar-refractivity contribution in [3.05, 3.63) is 34.9 Å². The van der Waals surface area contributed by atoms with Crippen molar-refractivity contribution in [2.45, 2.75) is 57.4 Å². The molecule has 0 amide bonds. The molecule has 2 aromatic rings. The van der Waals surface area contributed by atoms with Crippen LogP contribution >= 0.6 is 0 Å². The van der Waals surface area contributed by atoms with Crippen LogP contribution in [0.15, 0.2) is 18.2 Å². The highest BCUT2D eigenvalue weighted by molar-refractivity contribution is 6.08. The molecule has 5 atom stereocenters. The third kappa shape index (κ3) is 3.80. The Balaban J connectivity index is 2.16. The highest BCUT2D eigenvalue weighted by Crippen LogP contribution is 2.41. The van der Waals surface area contributed by atoms with Gasteiger partial charge in [-0.1, -0.05) is 13.0 Å². The molecule has 10 heteroatoms. The van der Waals surface area contributed by atoms with Crippen LogP contribution < -0.4 is 4.74 Å². The predicted octanol–water partition coefficient (Wildman–Crippen LogP) is 0.714. The van der Waals surface area contributed by atoms with Crippen molar-refractivity contribution in [1.82, 2.24) is 0 Å². The number of ketones is 1. The molecule has 0 bridgehead atoms. The van der Waals surface area contributed by atoms with Gasteiger partial charge < -0.3 is 40.1 Å². The maximum Gasteiger partial charge on any atom is 0.335 e. The molecule has 2 aromatic carbocycles. The summed E-state index contributed by atoms with van der Waals surface area (Å²) in [6.45, 7) is 3.70. The van der Waals surface area contributed by atoms with Gasteiger partial charge in [0.1, 0.15) is 35.4 Å². The number of rotatable bonds is 6. The van der Waals surface area contributed by atoms with E-state index in [-0.39, 0.29) is 34.1 Å². The van der Waals surface area contributed by atoms with Crippen LogP contribution in [0.1, 0.15) is 46.5 Å². The highest BCUT2D eigenvalue weighted by Gasteiger charge is 2.54. The first kappa shape index (κ1) is 23.9. The second-order valence-electron chi connectivity index (χ2n) is 7.92. The minimum absolute atomic E-state index is 0.00737. The number of carbonyl (C=O) groups excluding carboxylic acids is 1. The van der Waals surface area contributed by atoms with Crippen LogP contribution in [0.4, 0.5) is 0 Å². The second-order valence-corrected chi connectivity index (χ2v) is 7.92. The summed E-state index contributed by atoms with van der Waals surface area (Å²) in [6.07, 6.45) is -6.49. The van der Waals surface area contributed by atoms with Crippen LogP contribution in [0.25, 0.3) is 10.8 Å². The van der Waals surface area contributed by atoms with Gasteiger partial charge in [0.25, 0.3) is 0 Å². The number of hydrogen-bond donors (Lipinski definition) is 6. The Labute approximate surface area is 183 Å². The third-order valence-corrected chi connectivity index (χ3v) is 5.92. The first-order valence-corrected chi connectivity index (χ1v) is 10.0. The van der Waals surface area contributed by atoms with Gasteiger partial charge in [0.2, 0.25) is 6.29 Å². The maximum atomic E-state index is 12.0. The number of phenolic OH excluding ortho intramolecular Hbond substituents is 1. The Bertz CT molecular complexity index is 1060. The normalized spacial score (nSPS) is 28.0. The van der Waals surface area contributed by atoms with E-state index in [1.807, 2.05) is 0 Å². The topological polar surface area (TPSA) is 174 Å². The molecule has 10 nitrogen and oxygen atoms in total. The van der Waals surface area contributed by atoms with Crippen LogP contribution in [0, 0.1) is 6.92 Å². The van der Waals surface area contributed by atoms with Gasteiger partial charge in [-0.3, -0.25) is 4.79 Å². The predicted molar refractivity (Wildman–Crippen MR) is 111 cm³/mol. The van der Waals surface area contributed by atoms with Gasteiger partial charge in [-0.15, -0.1) is 0 Å². The van der Waals surface area contributed by atoms with Crippen molar-refractivity contribution in [2.24, 2.45) is 0 Å². The van der Waals surface area contributed by atoms with Gasteiger partial charge in [-0.05, 0) is 43.4 Å². The van der Waals surface area contributed by atoms with Gasteiger partial charge in [0, 0.05) is 0 Å². The van der Waals surface area contributed by atoms with E-state index in [1.54, 1.807) is 6.92 Å². The summed E-state index contributed by atoms with van der Waals surface area (Å²) in [5, 5.41) is 61.7. The number of aliphatic hydroxyl groups excluding tert-OH is 3. The van der Waals surface area contributed by atoms with E-state index >= 15 is 0 Å². The molecule has 32 heavy (non-hydrogen) atoms. The van der Waals surface area contributed by atoms with Crippen molar-refractivity contribution in [3.63, 3.8) is 0 Å². The number of carbonyl (C=O) groups is 2. The fourth-order valence-corrected chi connectivity index (χ4v) is 4.14. The molecule has 5 unspecified atom stereocenters. The quantitative estimate of drug-likeness (QED) is 0.344. The molecule has 174 valence electrons. The molecule has 1 heterocycles. The lowest BCUT2D eigenvalue weighted by Crippen LogP contribution is -2.67. The molecule has 1 aliphatic rings. The van der Waals surface area contributed by atoms with Gasteiger partial charge in [-0.25, -0.2) is 4.79 Å². The number of hydrogen-bond acceptors (Lipinski definition) is 9. The number of ether oxygens (including phenoxy) is 2. The molecule has 3 rings (SSSR count). The summed E-state index contributed by atoms with van der Waals surface area (Å²) in [5.41, 5.74) is -1.70. The Morgan fingerprint density at radius 3 is 2.41 bits per heavy atom. The number of fused-ring (bicyclic) bond motifs is 1. The summed E-state index contributed by atoms with van der Waals surface area (Å²) in [4.78, 5) is 23.7. The Hall–Kier alpha value is -2.76. The number of Topliss-reactive ketones (excluding diaryl/α,β-unsaturated/α-hetero) is 1. The van der Waals surface area contributed by atoms with Crippen LogP contribution in [-0.2, 0) is 4.74 Å². The zero-order chi connectivity index (χ0) is 24.0. The maximum absolute atomic E-state index is 12.0. The summed E-state index contributed by atoms with van der Waals surface area (Å²) in [6, 6.07) is 3.89. The molecular weight excluding hydrogens is 424 g/mol. The number of phenols is 1.